The molecule has 0 amide bonds. The van der Waals surface area contributed by atoms with Crippen LogP contribution in [0.2, 0.25) is 0 Å². The lowest BCUT2D eigenvalue weighted by molar-refractivity contribution is 0.148. The second-order valence-electron chi connectivity index (χ2n) is 2.05. The van der Waals surface area contributed by atoms with E-state index in [1.807, 2.05) is 11.8 Å². The SMILES string of the molecule is CCN(CCO)CC(O)Cl. The average molecular weight is 168 g/mol. The first-order chi connectivity index (χ1) is 4.70. The van der Waals surface area contributed by atoms with Crippen LogP contribution in [0, 0.1) is 0 Å². The number of rotatable bonds is 5. The van der Waals surface area contributed by atoms with E-state index >= 15 is 0 Å². The number of aliphatic hydroxyl groups is 2. The number of aliphatic hydroxyl groups excluding tert-OH is 2. The fourth-order valence-electron chi connectivity index (χ4n) is 0.733. The first kappa shape index (κ1) is 10.2. The molecule has 0 spiro atoms. The Morgan fingerprint density at radius 1 is 1.60 bits per heavy atom. The maximum Gasteiger partial charge on any atom is 0.140 e. The van der Waals surface area contributed by atoms with Gasteiger partial charge in [0.15, 0.2) is 0 Å². The molecule has 0 aliphatic rings. The van der Waals surface area contributed by atoms with Crippen molar-refractivity contribution in [2.45, 2.75) is 12.5 Å². The molecule has 2 N–H and O–H groups in total. The Morgan fingerprint density at radius 3 is 2.50 bits per heavy atom. The maximum absolute atomic E-state index is 8.72. The molecule has 0 bridgehead atoms. The first-order valence-corrected chi connectivity index (χ1v) is 3.79. The average Bonchev–Trinajstić information content (AvgIpc) is 1.86. The standard InChI is InChI=1S/C6H14ClNO2/c1-2-8(3-4-9)5-6(7)10/h6,9-10H,2-5H2,1H3. The van der Waals surface area contributed by atoms with Crippen molar-refractivity contribution >= 4 is 11.6 Å². The van der Waals surface area contributed by atoms with Gasteiger partial charge in [0.05, 0.1) is 6.61 Å². The minimum Gasteiger partial charge on any atom is -0.395 e. The molecule has 4 heteroatoms. The number of hydrogen-bond acceptors (Lipinski definition) is 3. The van der Waals surface area contributed by atoms with Gasteiger partial charge in [-0.15, -0.1) is 0 Å². The molecule has 0 radical (unpaired) electrons. The van der Waals surface area contributed by atoms with Crippen LogP contribution in [-0.2, 0) is 0 Å². The van der Waals surface area contributed by atoms with Crippen LogP contribution < -0.4 is 0 Å². The zero-order valence-electron chi connectivity index (χ0n) is 6.13. The van der Waals surface area contributed by atoms with Crippen molar-refractivity contribution in [3.63, 3.8) is 0 Å². The Labute approximate surface area is 66.2 Å². The molecular weight excluding hydrogens is 154 g/mol. The first-order valence-electron chi connectivity index (χ1n) is 3.36. The predicted molar refractivity (Wildman–Crippen MR) is 41.1 cm³/mol. The van der Waals surface area contributed by atoms with Gasteiger partial charge in [0.2, 0.25) is 0 Å². The summed E-state index contributed by atoms with van der Waals surface area (Å²) < 4.78 is 0. The third-order valence-corrected chi connectivity index (χ3v) is 1.41. The Balaban J connectivity index is 3.39. The van der Waals surface area contributed by atoms with Gasteiger partial charge in [-0.05, 0) is 6.54 Å². The van der Waals surface area contributed by atoms with Crippen molar-refractivity contribution in [2.24, 2.45) is 0 Å². The minimum absolute atomic E-state index is 0.109. The van der Waals surface area contributed by atoms with Crippen LogP contribution in [0.15, 0.2) is 0 Å². The molecule has 0 heterocycles. The summed E-state index contributed by atoms with van der Waals surface area (Å²) >= 11 is 5.32. The third-order valence-electron chi connectivity index (χ3n) is 1.27. The molecule has 0 rings (SSSR count). The fourth-order valence-corrected chi connectivity index (χ4v) is 0.928. The molecule has 62 valence electrons. The van der Waals surface area contributed by atoms with Gasteiger partial charge < -0.3 is 10.2 Å². The van der Waals surface area contributed by atoms with E-state index in [9.17, 15) is 0 Å². The quantitative estimate of drug-likeness (QED) is 0.561. The minimum atomic E-state index is -0.827. The number of hydrogen-bond donors (Lipinski definition) is 2. The summed E-state index contributed by atoms with van der Waals surface area (Å²) in [6, 6.07) is 0. The molecule has 0 aromatic heterocycles. The Bertz CT molecular complexity index is 80.1. The van der Waals surface area contributed by atoms with Gasteiger partial charge in [-0.3, -0.25) is 4.90 Å². The second kappa shape index (κ2) is 5.92. The van der Waals surface area contributed by atoms with Gasteiger partial charge in [-0.1, -0.05) is 18.5 Å². The zero-order valence-corrected chi connectivity index (χ0v) is 6.88. The highest BCUT2D eigenvalue weighted by Gasteiger charge is 2.05. The highest BCUT2D eigenvalue weighted by atomic mass is 35.5. The van der Waals surface area contributed by atoms with E-state index in [4.69, 9.17) is 21.8 Å². The van der Waals surface area contributed by atoms with Gasteiger partial charge in [-0.25, -0.2) is 0 Å². The van der Waals surface area contributed by atoms with E-state index < -0.39 is 5.56 Å². The van der Waals surface area contributed by atoms with E-state index in [1.165, 1.54) is 0 Å². The summed E-state index contributed by atoms with van der Waals surface area (Å²) in [4.78, 5) is 1.87. The summed E-state index contributed by atoms with van der Waals surface area (Å²) in [5, 5.41) is 17.2. The van der Waals surface area contributed by atoms with Crippen LogP contribution in [0.4, 0.5) is 0 Å². The van der Waals surface area contributed by atoms with Crippen LogP contribution in [0.5, 0.6) is 0 Å². The number of halogens is 1. The molecule has 1 unspecified atom stereocenters. The van der Waals surface area contributed by atoms with Gasteiger partial charge in [0, 0.05) is 13.1 Å². The zero-order chi connectivity index (χ0) is 7.98. The lowest BCUT2D eigenvalue weighted by atomic mass is 10.5. The summed E-state index contributed by atoms with van der Waals surface area (Å²) in [6.45, 7) is 3.84. The lowest BCUT2D eigenvalue weighted by Crippen LogP contribution is -2.32. The smallest absolute Gasteiger partial charge is 0.140 e. The number of alkyl halides is 1. The molecule has 0 aromatic carbocycles. The third kappa shape index (κ3) is 4.99. The summed E-state index contributed by atoms with van der Waals surface area (Å²) in [7, 11) is 0. The van der Waals surface area contributed by atoms with E-state index in [1.54, 1.807) is 0 Å². The van der Waals surface area contributed by atoms with E-state index in [0.29, 0.717) is 13.1 Å². The lowest BCUT2D eigenvalue weighted by Gasteiger charge is -2.19. The molecule has 3 nitrogen and oxygen atoms in total. The van der Waals surface area contributed by atoms with Gasteiger partial charge in [0.25, 0.3) is 0 Å². The van der Waals surface area contributed by atoms with Crippen LogP contribution in [0.1, 0.15) is 6.92 Å². The molecule has 0 fully saturated rings. The van der Waals surface area contributed by atoms with Crippen molar-refractivity contribution < 1.29 is 10.2 Å². The number of likely N-dealkylation sites (N-methyl/N-ethyl adjacent to an activating group) is 1. The molecule has 0 aliphatic heterocycles. The Hall–Kier alpha value is 0.170. The summed E-state index contributed by atoms with van der Waals surface area (Å²) in [5.74, 6) is 0. The molecule has 0 saturated heterocycles. The van der Waals surface area contributed by atoms with Crippen molar-refractivity contribution in [2.75, 3.05) is 26.2 Å². The van der Waals surface area contributed by atoms with E-state index in [2.05, 4.69) is 0 Å². The maximum atomic E-state index is 8.72. The highest BCUT2D eigenvalue weighted by Crippen LogP contribution is 1.94. The van der Waals surface area contributed by atoms with Gasteiger partial charge in [0.1, 0.15) is 5.56 Å². The molecule has 0 saturated carbocycles. The molecule has 1 atom stereocenters. The van der Waals surface area contributed by atoms with Gasteiger partial charge >= 0.3 is 0 Å². The molecule has 10 heavy (non-hydrogen) atoms. The summed E-state index contributed by atoms with van der Waals surface area (Å²) in [6.07, 6.45) is 0. The normalized spacial score (nSPS) is 14.1. The van der Waals surface area contributed by atoms with Crippen molar-refractivity contribution in [1.82, 2.24) is 4.90 Å². The van der Waals surface area contributed by atoms with Crippen molar-refractivity contribution in [3.05, 3.63) is 0 Å². The summed E-state index contributed by atoms with van der Waals surface area (Å²) in [5.41, 5.74) is -0.827. The van der Waals surface area contributed by atoms with Crippen molar-refractivity contribution in [3.8, 4) is 0 Å². The number of nitrogens with zero attached hydrogens (tertiary/aromatic N) is 1. The van der Waals surface area contributed by atoms with E-state index in [0.717, 1.165) is 6.54 Å². The predicted octanol–water partition coefficient (Wildman–Crippen LogP) is -0.142. The second-order valence-corrected chi connectivity index (χ2v) is 2.56. The Morgan fingerprint density at radius 2 is 2.20 bits per heavy atom. The molecule has 0 aromatic rings. The van der Waals surface area contributed by atoms with Crippen molar-refractivity contribution in [1.29, 1.82) is 0 Å². The highest BCUT2D eigenvalue weighted by molar-refractivity contribution is 6.19. The van der Waals surface area contributed by atoms with Crippen LogP contribution in [-0.4, -0.2) is 46.9 Å². The van der Waals surface area contributed by atoms with Gasteiger partial charge in [-0.2, -0.15) is 0 Å². The van der Waals surface area contributed by atoms with Crippen LogP contribution in [0.3, 0.4) is 0 Å². The Kier molecular flexibility index (Phi) is 6.02. The topological polar surface area (TPSA) is 43.7 Å². The molecular formula is C6H14ClNO2. The van der Waals surface area contributed by atoms with Crippen LogP contribution >= 0.6 is 11.6 Å². The molecule has 0 aliphatic carbocycles. The monoisotopic (exact) mass is 167 g/mol. The fraction of sp³-hybridized carbons (Fsp3) is 1.00. The van der Waals surface area contributed by atoms with Crippen LogP contribution in [0.25, 0.3) is 0 Å². The largest absolute Gasteiger partial charge is 0.395 e. The van der Waals surface area contributed by atoms with E-state index in [-0.39, 0.29) is 6.61 Å².